The normalized spacial score (nSPS) is 37.6. The molecule has 14 heavy (non-hydrogen) atoms. The molecule has 1 saturated heterocycles. The van der Waals surface area contributed by atoms with Crippen LogP contribution in [0, 0.1) is 0 Å². The van der Waals surface area contributed by atoms with Gasteiger partial charge in [-0.25, -0.2) is 0 Å². The molecule has 4 N–H and O–H groups in total. The molecule has 0 radical (unpaired) electrons. The van der Waals surface area contributed by atoms with Gasteiger partial charge in [-0.1, -0.05) is 0 Å². The Morgan fingerprint density at radius 2 is 2.14 bits per heavy atom. The first-order valence-corrected chi connectivity index (χ1v) is 4.49. The van der Waals surface area contributed by atoms with Gasteiger partial charge in [0.25, 0.3) is 0 Å². The van der Waals surface area contributed by atoms with Gasteiger partial charge in [-0.2, -0.15) is 0 Å². The second-order valence-corrected chi connectivity index (χ2v) is 3.38. The van der Waals surface area contributed by atoms with Crippen LogP contribution in [0.5, 0.6) is 0 Å². The molecule has 1 aliphatic rings. The van der Waals surface area contributed by atoms with Crippen molar-refractivity contribution in [2.75, 3.05) is 6.61 Å². The van der Waals surface area contributed by atoms with E-state index in [1.165, 1.54) is 0 Å². The third kappa shape index (κ3) is 1.44. The van der Waals surface area contributed by atoms with Gasteiger partial charge in [0.2, 0.25) is 0 Å². The molecule has 2 heterocycles. The van der Waals surface area contributed by atoms with Gasteiger partial charge in [0.1, 0.15) is 24.4 Å². The highest BCUT2D eigenvalue weighted by molar-refractivity contribution is 5.12. The van der Waals surface area contributed by atoms with Gasteiger partial charge in [0.05, 0.1) is 6.61 Å². The zero-order valence-electron chi connectivity index (χ0n) is 7.50. The van der Waals surface area contributed by atoms with Crippen LogP contribution in [0.25, 0.3) is 0 Å². The van der Waals surface area contributed by atoms with Crippen LogP contribution in [0.15, 0.2) is 18.3 Å². The van der Waals surface area contributed by atoms with Crippen molar-refractivity contribution in [3.05, 3.63) is 24.0 Å². The monoisotopic (exact) mass is 199 g/mol. The van der Waals surface area contributed by atoms with E-state index in [1.54, 1.807) is 18.3 Å². The molecular formula is C9H13NO4. The van der Waals surface area contributed by atoms with E-state index >= 15 is 0 Å². The highest BCUT2D eigenvalue weighted by Gasteiger charge is 2.43. The number of H-pyrrole nitrogens is 1. The van der Waals surface area contributed by atoms with E-state index in [1.807, 2.05) is 0 Å². The predicted molar refractivity (Wildman–Crippen MR) is 47.5 cm³/mol. The molecule has 4 unspecified atom stereocenters. The van der Waals surface area contributed by atoms with E-state index in [2.05, 4.69) is 4.98 Å². The second kappa shape index (κ2) is 3.70. The molecular weight excluding hydrogens is 186 g/mol. The van der Waals surface area contributed by atoms with Crippen LogP contribution in [0.3, 0.4) is 0 Å². The molecule has 0 amide bonds. The van der Waals surface area contributed by atoms with Gasteiger partial charge in [0.15, 0.2) is 0 Å². The number of rotatable bonds is 2. The largest absolute Gasteiger partial charge is 0.394 e. The summed E-state index contributed by atoms with van der Waals surface area (Å²) in [5, 5.41) is 28.0. The average molecular weight is 199 g/mol. The fourth-order valence-corrected chi connectivity index (χ4v) is 1.68. The van der Waals surface area contributed by atoms with Crippen LogP contribution in [0.1, 0.15) is 11.8 Å². The number of nitrogens with one attached hydrogen (secondary N) is 1. The minimum absolute atomic E-state index is 0.296. The number of hydrogen-bond donors (Lipinski definition) is 4. The molecule has 2 rings (SSSR count). The summed E-state index contributed by atoms with van der Waals surface area (Å²) in [5.41, 5.74) is 0.701. The van der Waals surface area contributed by atoms with E-state index in [4.69, 9.17) is 9.84 Å². The Labute approximate surface area is 81.0 Å². The summed E-state index contributed by atoms with van der Waals surface area (Å²) in [6.07, 6.45) is -1.61. The van der Waals surface area contributed by atoms with Crippen LogP contribution in [0.2, 0.25) is 0 Å². The van der Waals surface area contributed by atoms with Gasteiger partial charge in [-0.05, 0) is 12.1 Å². The number of aromatic amines is 1. The fourth-order valence-electron chi connectivity index (χ4n) is 1.68. The summed E-state index contributed by atoms with van der Waals surface area (Å²) in [7, 11) is 0. The maximum atomic E-state index is 9.62. The fraction of sp³-hybridized carbons (Fsp3) is 0.556. The van der Waals surface area contributed by atoms with Gasteiger partial charge < -0.3 is 25.0 Å². The molecule has 5 heteroatoms. The molecule has 4 atom stereocenters. The summed E-state index contributed by atoms with van der Waals surface area (Å²) < 4.78 is 5.30. The van der Waals surface area contributed by atoms with Gasteiger partial charge in [-0.15, -0.1) is 0 Å². The molecule has 78 valence electrons. The van der Waals surface area contributed by atoms with Crippen LogP contribution in [0.4, 0.5) is 0 Å². The highest BCUT2D eigenvalue weighted by atomic mass is 16.6. The summed E-state index contributed by atoms with van der Waals surface area (Å²) in [4.78, 5) is 2.90. The van der Waals surface area contributed by atoms with Crippen molar-refractivity contribution in [1.82, 2.24) is 4.98 Å². The molecule has 1 aromatic heterocycles. The molecule has 0 aliphatic carbocycles. The topological polar surface area (TPSA) is 85.7 Å². The Morgan fingerprint density at radius 1 is 1.36 bits per heavy atom. The van der Waals surface area contributed by atoms with Crippen molar-refractivity contribution < 1.29 is 20.1 Å². The Morgan fingerprint density at radius 3 is 2.64 bits per heavy atom. The zero-order chi connectivity index (χ0) is 10.1. The van der Waals surface area contributed by atoms with Crippen molar-refractivity contribution in [3.8, 4) is 0 Å². The summed E-state index contributed by atoms with van der Waals surface area (Å²) in [5.74, 6) is 0. The Balaban J connectivity index is 2.16. The SMILES string of the molecule is OCC1OC(c2ccc[nH]2)C(O)C1O. The number of aliphatic hydroxyl groups excluding tert-OH is 3. The number of aliphatic hydroxyl groups is 3. The van der Waals surface area contributed by atoms with Crippen molar-refractivity contribution in [2.45, 2.75) is 24.4 Å². The molecule has 1 fully saturated rings. The zero-order valence-corrected chi connectivity index (χ0v) is 7.50. The molecule has 0 bridgehead atoms. The minimum atomic E-state index is -1.03. The summed E-state index contributed by atoms with van der Waals surface area (Å²) in [6.45, 7) is -0.296. The quantitative estimate of drug-likeness (QED) is 0.500. The summed E-state index contributed by atoms with van der Waals surface area (Å²) in [6, 6.07) is 3.55. The second-order valence-electron chi connectivity index (χ2n) is 3.38. The lowest BCUT2D eigenvalue weighted by molar-refractivity contribution is -0.0238. The van der Waals surface area contributed by atoms with Crippen LogP contribution < -0.4 is 0 Å². The van der Waals surface area contributed by atoms with E-state index < -0.39 is 24.4 Å². The Kier molecular flexibility index (Phi) is 2.56. The Hall–Kier alpha value is -0.880. The molecule has 0 aromatic carbocycles. The first kappa shape index (κ1) is 9.67. The lowest BCUT2D eigenvalue weighted by Gasteiger charge is -2.12. The van der Waals surface area contributed by atoms with Crippen LogP contribution >= 0.6 is 0 Å². The van der Waals surface area contributed by atoms with Crippen molar-refractivity contribution >= 4 is 0 Å². The van der Waals surface area contributed by atoms with E-state index in [0.29, 0.717) is 5.69 Å². The average Bonchev–Trinajstić information content (AvgIpc) is 2.78. The minimum Gasteiger partial charge on any atom is -0.394 e. The lowest BCUT2D eigenvalue weighted by atomic mass is 10.1. The molecule has 0 spiro atoms. The third-order valence-electron chi connectivity index (χ3n) is 2.47. The van der Waals surface area contributed by atoms with Crippen molar-refractivity contribution in [1.29, 1.82) is 0 Å². The van der Waals surface area contributed by atoms with E-state index in [9.17, 15) is 10.2 Å². The van der Waals surface area contributed by atoms with Crippen molar-refractivity contribution in [3.63, 3.8) is 0 Å². The number of hydrogen-bond acceptors (Lipinski definition) is 4. The molecule has 5 nitrogen and oxygen atoms in total. The van der Waals surface area contributed by atoms with Crippen LogP contribution in [-0.4, -0.2) is 45.2 Å². The van der Waals surface area contributed by atoms with Gasteiger partial charge in [0, 0.05) is 11.9 Å². The maximum Gasteiger partial charge on any atom is 0.126 e. The maximum absolute atomic E-state index is 9.62. The number of aromatic nitrogens is 1. The smallest absolute Gasteiger partial charge is 0.126 e. The molecule has 1 aliphatic heterocycles. The van der Waals surface area contributed by atoms with Crippen molar-refractivity contribution in [2.24, 2.45) is 0 Å². The molecule has 1 aromatic rings. The number of ether oxygens (including phenoxy) is 1. The van der Waals surface area contributed by atoms with Gasteiger partial charge in [-0.3, -0.25) is 0 Å². The first-order chi connectivity index (χ1) is 6.74. The summed E-state index contributed by atoms with van der Waals surface area (Å²) >= 11 is 0. The van der Waals surface area contributed by atoms with E-state index in [-0.39, 0.29) is 6.61 Å². The predicted octanol–water partition coefficient (Wildman–Crippen LogP) is -0.831. The van der Waals surface area contributed by atoms with E-state index in [0.717, 1.165) is 0 Å². The Bertz CT molecular complexity index is 287. The molecule has 0 saturated carbocycles. The first-order valence-electron chi connectivity index (χ1n) is 4.49. The van der Waals surface area contributed by atoms with Gasteiger partial charge >= 0.3 is 0 Å². The van der Waals surface area contributed by atoms with Crippen LogP contribution in [-0.2, 0) is 4.74 Å². The standard InChI is InChI=1S/C9H13NO4/c11-4-6-7(12)8(13)9(14-6)5-2-1-3-10-5/h1-3,6-13H,4H2. The highest BCUT2D eigenvalue weighted by Crippen LogP contribution is 2.32. The lowest BCUT2D eigenvalue weighted by Crippen LogP contribution is -2.32. The third-order valence-corrected chi connectivity index (χ3v) is 2.47.